The molecule has 1 aromatic carbocycles. The second kappa shape index (κ2) is 7.12. The van der Waals surface area contributed by atoms with Crippen LogP contribution in [0, 0.1) is 5.82 Å². The number of piperazine rings is 1. The average molecular weight is 240 g/mol. The van der Waals surface area contributed by atoms with Crippen molar-refractivity contribution in [3.05, 3.63) is 24.0 Å². The van der Waals surface area contributed by atoms with Gasteiger partial charge in [-0.05, 0) is 12.1 Å². The molecule has 0 saturated carbocycles. The van der Waals surface area contributed by atoms with Crippen molar-refractivity contribution in [2.24, 2.45) is 0 Å². The topological polar surface area (TPSA) is 24.5 Å². The highest BCUT2D eigenvalue weighted by atomic mass is 19.1. The number of nitrogens with zero attached hydrogens (tertiary/aromatic N) is 1. The SMILES string of the molecule is CC.COc1cc(F)ccc1N1CCNCC1. The lowest BCUT2D eigenvalue weighted by molar-refractivity contribution is 0.409. The van der Waals surface area contributed by atoms with E-state index < -0.39 is 0 Å². The molecular weight excluding hydrogens is 219 g/mol. The summed E-state index contributed by atoms with van der Waals surface area (Å²) < 4.78 is 18.2. The number of ether oxygens (including phenoxy) is 1. The third-order valence-corrected chi connectivity index (χ3v) is 2.60. The first-order valence-corrected chi connectivity index (χ1v) is 6.10. The van der Waals surface area contributed by atoms with Crippen LogP contribution in [0.15, 0.2) is 18.2 Å². The maximum atomic E-state index is 13.0. The van der Waals surface area contributed by atoms with Crippen LogP contribution in [0.3, 0.4) is 0 Å². The molecule has 0 aromatic heterocycles. The zero-order valence-electron chi connectivity index (χ0n) is 10.8. The van der Waals surface area contributed by atoms with Crippen LogP contribution in [0.2, 0.25) is 0 Å². The lowest BCUT2D eigenvalue weighted by Gasteiger charge is -2.30. The standard InChI is InChI=1S/C11H15FN2O.C2H6/c1-15-11-8-9(12)2-3-10(11)14-6-4-13-5-7-14;1-2/h2-3,8,13H,4-7H2,1H3;1-2H3. The first-order chi connectivity index (χ1) is 8.31. The van der Waals surface area contributed by atoms with Crippen molar-refractivity contribution in [3.63, 3.8) is 0 Å². The molecule has 3 nitrogen and oxygen atoms in total. The van der Waals surface area contributed by atoms with Crippen LogP contribution in [-0.2, 0) is 0 Å². The fraction of sp³-hybridized carbons (Fsp3) is 0.538. The van der Waals surface area contributed by atoms with Crippen molar-refractivity contribution in [2.45, 2.75) is 13.8 Å². The Balaban J connectivity index is 0.000000686. The van der Waals surface area contributed by atoms with E-state index in [0.29, 0.717) is 5.75 Å². The second-order valence-corrected chi connectivity index (χ2v) is 3.55. The number of nitrogens with one attached hydrogen (secondary N) is 1. The minimum atomic E-state index is -0.259. The molecule has 1 heterocycles. The Labute approximate surface area is 103 Å². The summed E-state index contributed by atoms with van der Waals surface area (Å²) in [6.45, 7) is 7.78. The van der Waals surface area contributed by atoms with Crippen molar-refractivity contribution < 1.29 is 9.13 Å². The molecule has 0 bridgehead atoms. The Morgan fingerprint density at radius 3 is 2.47 bits per heavy atom. The number of halogens is 1. The van der Waals surface area contributed by atoms with E-state index in [4.69, 9.17) is 4.74 Å². The van der Waals surface area contributed by atoms with Crippen LogP contribution in [0.5, 0.6) is 5.75 Å². The Bertz CT molecular complexity index is 338. The Hall–Kier alpha value is -1.29. The molecule has 1 N–H and O–H groups in total. The summed E-state index contributed by atoms with van der Waals surface area (Å²) in [6.07, 6.45) is 0. The van der Waals surface area contributed by atoms with Crippen molar-refractivity contribution in [1.82, 2.24) is 5.32 Å². The lowest BCUT2D eigenvalue weighted by Crippen LogP contribution is -2.43. The van der Waals surface area contributed by atoms with Gasteiger partial charge in [0.05, 0.1) is 12.8 Å². The second-order valence-electron chi connectivity index (χ2n) is 3.55. The van der Waals surface area contributed by atoms with E-state index in [1.54, 1.807) is 13.2 Å². The van der Waals surface area contributed by atoms with Crippen LogP contribution in [0.1, 0.15) is 13.8 Å². The highest BCUT2D eigenvalue weighted by Gasteiger charge is 2.14. The van der Waals surface area contributed by atoms with E-state index in [0.717, 1.165) is 31.9 Å². The Morgan fingerprint density at radius 2 is 1.88 bits per heavy atom. The van der Waals surface area contributed by atoms with Crippen LogP contribution < -0.4 is 15.0 Å². The third-order valence-electron chi connectivity index (χ3n) is 2.60. The normalized spacial score (nSPS) is 14.9. The first-order valence-electron chi connectivity index (χ1n) is 6.10. The number of benzene rings is 1. The van der Waals surface area contributed by atoms with Gasteiger partial charge >= 0.3 is 0 Å². The molecule has 1 saturated heterocycles. The fourth-order valence-corrected chi connectivity index (χ4v) is 1.82. The highest BCUT2D eigenvalue weighted by Crippen LogP contribution is 2.28. The zero-order valence-corrected chi connectivity index (χ0v) is 10.8. The molecule has 1 aliphatic rings. The van der Waals surface area contributed by atoms with Crippen molar-refractivity contribution in [3.8, 4) is 5.75 Å². The summed E-state index contributed by atoms with van der Waals surface area (Å²) in [4.78, 5) is 2.20. The zero-order chi connectivity index (χ0) is 12.7. The quantitative estimate of drug-likeness (QED) is 0.858. The van der Waals surface area contributed by atoms with Gasteiger partial charge in [0, 0.05) is 32.2 Å². The molecule has 17 heavy (non-hydrogen) atoms. The molecule has 4 heteroatoms. The molecule has 0 atom stereocenters. The summed E-state index contributed by atoms with van der Waals surface area (Å²) in [5, 5.41) is 3.28. The predicted octanol–water partition coefficient (Wildman–Crippen LogP) is 2.27. The van der Waals surface area contributed by atoms with Crippen LogP contribution in [-0.4, -0.2) is 33.3 Å². The molecular formula is C13H21FN2O. The smallest absolute Gasteiger partial charge is 0.145 e. The predicted molar refractivity (Wildman–Crippen MR) is 69.4 cm³/mol. The molecule has 0 unspecified atom stereocenters. The van der Waals surface area contributed by atoms with E-state index in [-0.39, 0.29) is 5.82 Å². The summed E-state index contributed by atoms with van der Waals surface area (Å²) >= 11 is 0. The molecule has 1 fully saturated rings. The number of hydrogen-bond acceptors (Lipinski definition) is 3. The van der Waals surface area contributed by atoms with Gasteiger partial charge in [0.15, 0.2) is 0 Å². The highest BCUT2D eigenvalue weighted by molar-refractivity contribution is 5.58. The largest absolute Gasteiger partial charge is 0.494 e. The van der Waals surface area contributed by atoms with E-state index in [9.17, 15) is 4.39 Å². The monoisotopic (exact) mass is 240 g/mol. The molecule has 0 radical (unpaired) electrons. The number of methoxy groups -OCH3 is 1. The minimum absolute atomic E-state index is 0.259. The summed E-state index contributed by atoms with van der Waals surface area (Å²) in [6, 6.07) is 4.68. The Morgan fingerprint density at radius 1 is 1.24 bits per heavy atom. The van der Waals surface area contributed by atoms with Crippen molar-refractivity contribution in [2.75, 3.05) is 38.2 Å². The number of rotatable bonds is 2. The molecule has 0 amide bonds. The fourth-order valence-electron chi connectivity index (χ4n) is 1.82. The average Bonchev–Trinajstić information content (AvgIpc) is 2.42. The number of anilines is 1. The minimum Gasteiger partial charge on any atom is -0.494 e. The molecule has 1 aliphatic heterocycles. The van der Waals surface area contributed by atoms with Gasteiger partial charge in [0.1, 0.15) is 11.6 Å². The van der Waals surface area contributed by atoms with Gasteiger partial charge in [0.2, 0.25) is 0 Å². The van der Waals surface area contributed by atoms with Gasteiger partial charge in [-0.1, -0.05) is 13.8 Å². The molecule has 0 aliphatic carbocycles. The molecule has 96 valence electrons. The molecule has 0 spiro atoms. The third kappa shape index (κ3) is 3.60. The van der Waals surface area contributed by atoms with Gasteiger partial charge in [0.25, 0.3) is 0 Å². The van der Waals surface area contributed by atoms with Gasteiger partial charge < -0.3 is 15.0 Å². The van der Waals surface area contributed by atoms with E-state index in [1.165, 1.54) is 12.1 Å². The van der Waals surface area contributed by atoms with Gasteiger partial charge in [-0.3, -0.25) is 0 Å². The number of hydrogen-bond donors (Lipinski definition) is 1. The van der Waals surface area contributed by atoms with Crippen molar-refractivity contribution in [1.29, 1.82) is 0 Å². The van der Waals surface area contributed by atoms with E-state index in [2.05, 4.69) is 10.2 Å². The van der Waals surface area contributed by atoms with Crippen LogP contribution in [0.4, 0.5) is 10.1 Å². The summed E-state index contributed by atoms with van der Waals surface area (Å²) in [5.74, 6) is 0.350. The Kier molecular flexibility index (Phi) is 5.77. The summed E-state index contributed by atoms with van der Waals surface area (Å²) in [7, 11) is 1.57. The van der Waals surface area contributed by atoms with Crippen LogP contribution >= 0.6 is 0 Å². The van der Waals surface area contributed by atoms with Gasteiger partial charge in [-0.15, -0.1) is 0 Å². The first kappa shape index (κ1) is 13.8. The van der Waals surface area contributed by atoms with Crippen LogP contribution in [0.25, 0.3) is 0 Å². The molecule has 2 rings (SSSR count). The van der Waals surface area contributed by atoms with E-state index in [1.807, 2.05) is 13.8 Å². The van der Waals surface area contributed by atoms with Gasteiger partial charge in [-0.2, -0.15) is 0 Å². The molecule has 1 aromatic rings. The van der Waals surface area contributed by atoms with E-state index >= 15 is 0 Å². The summed E-state index contributed by atoms with van der Waals surface area (Å²) in [5.41, 5.74) is 0.973. The van der Waals surface area contributed by atoms with Gasteiger partial charge in [-0.25, -0.2) is 4.39 Å². The maximum absolute atomic E-state index is 13.0. The lowest BCUT2D eigenvalue weighted by atomic mass is 10.2. The van der Waals surface area contributed by atoms with Crippen molar-refractivity contribution >= 4 is 5.69 Å². The maximum Gasteiger partial charge on any atom is 0.145 e.